The molecule has 0 aliphatic carbocycles. The molecule has 1 aliphatic rings. The Morgan fingerprint density at radius 1 is 1.44 bits per heavy atom. The van der Waals surface area contributed by atoms with Gasteiger partial charge in [0.05, 0.1) is 6.04 Å². The van der Waals surface area contributed by atoms with Crippen molar-refractivity contribution in [3.63, 3.8) is 0 Å². The van der Waals surface area contributed by atoms with E-state index in [1.807, 2.05) is 31.3 Å². The number of hydrogen-bond donors (Lipinski definition) is 1. The average Bonchev–Trinajstić information content (AvgIpc) is 2.84. The molecule has 0 aromatic heterocycles. The van der Waals surface area contributed by atoms with Crippen LogP contribution in [-0.2, 0) is 11.3 Å². The molecule has 0 unspecified atom stereocenters. The molecule has 1 atom stereocenters. The number of carbonyl (C=O) groups is 1. The highest BCUT2D eigenvalue weighted by atomic mass is 79.9. The van der Waals surface area contributed by atoms with Crippen LogP contribution in [0.15, 0.2) is 28.7 Å². The normalized spacial score (nSPS) is 18.2. The highest BCUT2D eigenvalue weighted by molar-refractivity contribution is 9.10. The van der Waals surface area contributed by atoms with E-state index in [9.17, 15) is 4.79 Å². The fourth-order valence-corrected chi connectivity index (χ4v) is 2.37. The molecule has 0 radical (unpaired) electrons. The zero-order valence-corrected chi connectivity index (χ0v) is 12.8. The molecule has 1 aromatic rings. The van der Waals surface area contributed by atoms with Crippen molar-refractivity contribution in [2.24, 2.45) is 0 Å². The Hall–Kier alpha value is -0.580. The van der Waals surface area contributed by atoms with Gasteiger partial charge in [-0.3, -0.25) is 4.79 Å². The van der Waals surface area contributed by atoms with E-state index in [0.29, 0.717) is 6.54 Å². The quantitative estimate of drug-likeness (QED) is 0.922. The minimum absolute atomic E-state index is 0. The topological polar surface area (TPSA) is 32.3 Å². The van der Waals surface area contributed by atoms with Gasteiger partial charge in [0.15, 0.2) is 0 Å². The van der Waals surface area contributed by atoms with Crippen LogP contribution >= 0.6 is 28.3 Å². The molecule has 1 aliphatic heterocycles. The zero-order valence-electron chi connectivity index (χ0n) is 10.4. The summed E-state index contributed by atoms with van der Waals surface area (Å²) in [5.74, 6) is 0.199. The summed E-state index contributed by atoms with van der Waals surface area (Å²) in [5.41, 5.74) is 1.15. The van der Waals surface area contributed by atoms with Crippen molar-refractivity contribution in [3.8, 4) is 0 Å². The Morgan fingerprint density at radius 3 is 2.67 bits per heavy atom. The summed E-state index contributed by atoms with van der Waals surface area (Å²) < 4.78 is 1.06. The molecule has 0 bridgehead atoms. The maximum absolute atomic E-state index is 12.1. The number of nitrogens with zero attached hydrogens (tertiary/aromatic N) is 1. The molecule has 1 heterocycles. The molecular formula is C13H18BrClN2O. The number of benzene rings is 1. The van der Waals surface area contributed by atoms with Crippen LogP contribution in [0.2, 0.25) is 0 Å². The summed E-state index contributed by atoms with van der Waals surface area (Å²) in [6, 6.07) is 8.10. The van der Waals surface area contributed by atoms with Crippen LogP contribution in [0.1, 0.15) is 18.4 Å². The first-order valence-electron chi connectivity index (χ1n) is 5.89. The number of rotatable bonds is 3. The Balaban J connectivity index is 0.00000162. The van der Waals surface area contributed by atoms with Crippen LogP contribution in [0.3, 0.4) is 0 Å². The molecule has 0 spiro atoms. The third-order valence-corrected chi connectivity index (χ3v) is 3.60. The van der Waals surface area contributed by atoms with Crippen molar-refractivity contribution in [2.45, 2.75) is 25.4 Å². The molecule has 1 fully saturated rings. The maximum Gasteiger partial charge on any atom is 0.239 e. The van der Waals surface area contributed by atoms with E-state index in [2.05, 4.69) is 21.2 Å². The molecule has 1 amide bonds. The lowest BCUT2D eigenvalue weighted by molar-refractivity contribution is -0.132. The Kier molecular flexibility index (Phi) is 6.12. The molecule has 1 N–H and O–H groups in total. The van der Waals surface area contributed by atoms with Gasteiger partial charge in [-0.05, 0) is 37.1 Å². The number of hydrogen-bond acceptors (Lipinski definition) is 2. The van der Waals surface area contributed by atoms with Crippen molar-refractivity contribution >= 4 is 34.2 Å². The third kappa shape index (κ3) is 3.97. The van der Waals surface area contributed by atoms with Gasteiger partial charge < -0.3 is 10.2 Å². The zero-order chi connectivity index (χ0) is 12.3. The van der Waals surface area contributed by atoms with Crippen molar-refractivity contribution in [3.05, 3.63) is 34.3 Å². The van der Waals surface area contributed by atoms with Gasteiger partial charge in [0.1, 0.15) is 0 Å². The fraction of sp³-hybridized carbons (Fsp3) is 0.462. The first kappa shape index (κ1) is 15.5. The summed E-state index contributed by atoms with van der Waals surface area (Å²) in [6.07, 6.45) is 2.06. The Labute approximate surface area is 122 Å². The standard InChI is InChI=1S/C13H17BrN2O.ClH/c1-16(13(17)12-3-2-8-15-12)9-10-4-6-11(14)7-5-10;/h4-7,12,15H,2-3,8-9H2,1H3;1H/t12-;/m0./s1. The predicted octanol–water partition coefficient (Wildman–Crippen LogP) is 2.58. The third-order valence-electron chi connectivity index (χ3n) is 3.07. The van der Waals surface area contributed by atoms with Crippen LogP contribution in [-0.4, -0.2) is 30.4 Å². The molecular weight excluding hydrogens is 316 g/mol. The lowest BCUT2D eigenvalue weighted by atomic mass is 10.1. The first-order chi connectivity index (χ1) is 8.16. The number of nitrogens with one attached hydrogen (secondary N) is 1. The summed E-state index contributed by atoms with van der Waals surface area (Å²) in [7, 11) is 1.87. The minimum atomic E-state index is 0. The van der Waals surface area contributed by atoms with Crippen molar-refractivity contribution in [1.29, 1.82) is 0 Å². The number of carbonyl (C=O) groups excluding carboxylic acids is 1. The lowest BCUT2D eigenvalue weighted by Gasteiger charge is -2.21. The minimum Gasteiger partial charge on any atom is -0.340 e. The second kappa shape index (κ2) is 7.12. The number of likely N-dealkylation sites (N-methyl/N-ethyl adjacent to an activating group) is 1. The van der Waals surface area contributed by atoms with E-state index < -0.39 is 0 Å². The number of halogens is 2. The SMILES string of the molecule is CN(Cc1ccc(Br)cc1)C(=O)[C@@H]1CCCN1.Cl. The summed E-state index contributed by atoms with van der Waals surface area (Å²) in [5, 5.41) is 3.23. The summed E-state index contributed by atoms with van der Waals surface area (Å²) in [6.45, 7) is 1.63. The number of amides is 1. The highest BCUT2D eigenvalue weighted by Gasteiger charge is 2.24. The highest BCUT2D eigenvalue weighted by Crippen LogP contribution is 2.13. The van der Waals surface area contributed by atoms with E-state index in [0.717, 1.165) is 29.4 Å². The van der Waals surface area contributed by atoms with Gasteiger partial charge in [0.25, 0.3) is 0 Å². The molecule has 3 nitrogen and oxygen atoms in total. The van der Waals surface area contributed by atoms with Gasteiger partial charge in [-0.2, -0.15) is 0 Å². The van der Waals surface area contributed by atoms with Gasteiger partial charge >= 0.3 is 0 Å². The molecule has 100 valence electrons. The van der Waals surface area contributed by atoms with E-state index in [1.54, 1.807) is 4.90 Å². The van der Waals surface area contributed by atoms with Crippen molar-refractivity contribution < 1.29 is 4.79 Å². The molecule has 1 saturated heterocycles. The van der Waals surface area contributed by atoms with E-state index in [-0.39, 0.29) is 24.4 Å². The lowest BCUT2D eigenvalue weighted by Crippen LogP contribution is -2.41. The predicted molar refractivity (Wildman–Crippen MR) is 78.9 cm³/mol. The fourth-order valence-electron chi connectivity index (χ4n) is 2.10. The second-order valence-corrected chi connectivity index (χ2v) is 5.39. The molecule has 2 rings (SSSR count). The molecule has 0 saturated carbocycles. The van der Waals surface area contributed by atoms with Gasteiger partial charge in [-0.1, -0.05) is 28.1 Å². The largest absolute Gasteiger partial charge is 0.340 e. The second-order valence-electron chi connectivity index (χ2n) is 4.47. The van der Waals surface area contributed by atoms with Crippen LogP contribution in [0.4, 0.5) is 0 Å². The van der Waals surface area contributed by atoms with Crippen LogP contribution in [0.25, 0.3) is 0 Å². The molecule has 18 heavy (non-hydrogen) atoms. The average molecular weight is 334 g/mol. The summed E-state index contributed by atoms with van der Waals surface area (Å²) >= 11 is 3.40. The Bertz CT molecular complexity index is 390. The monoisotopic (exact) mass is 332 g/mol. The van der Waals surface area contributed by atoms with E-state index >= 15 is 0 Å². The van der Waals surface area contributed by atoms with E-state index in [1.165, 1.54) is 0 Å². The van der Waals surface area contributed by atoms with Crippen LogP contribution in [0.5, 0.6) is 0 Å². The maximum atomic E-state index is 12.1. The van der Waals surface area contributed by atoms with E-state index in [4.69, 9.17) is 0 Å². The summed E-state index contributed by atoms with van der Waals surface area (Å²) in [4.78, 5) is 13.9. The van der Waals surface area contributed by atoms with Gasteiger partial charge in [0, 0.05) is 18.1 Å². The van der Waals surface area contributed by atoms with Gasteiger partial charge in [0.2, 0.25) is 5.91 Å². The first-order valence-corrected chi connectivity index (χ1v) is 6.69. The van der Waals surface area contributed by atoms with Gasteiger partial charge in [-0.25, -0.2) is 0 Å². The molecule has 1 aromatic carbocycles. The van der Waals surface area contributed by atoms with Crippen LogP contribution < -0.4 is 5.32 Å². The van der Waals surface area contributed by atoms with Crippen molar-refractivity contribution in [2.75, 3.05) is 13.6 Å². The van der Waals surface area contributed by atoms with Gasteiger partial charge in [-0.15, -0.1) is 12.4 Å². The Morgan fingerprint density at radius 2 is 2.11 bits per heavy atom. The van der Waals surface area contributed by atoms with Crippen molar-refractivity contribution in [1.82, 2.24) is 10.2 Å². The smallest absolute Gasteiger partial charge is 0.239 e. The van der Waals surface area contributed by atoms with Crippen LogP contribution in [0, 0.1) is 0 Å². The molecule has 5 heteroatoms.